The maximum absolute atomic E-state index is 12.6. The SMILES string of the molecule is Cc1cc(O)c([N+](=O)[O-])c2c1C(=O)C1=C(O)CCC=C1C2=O. The normalized spacial score (nSPS) is 17.0. The number of hydrogen-bond acceptors (Lipinski definition) is 6. The van der Waals surface area contributed by atoms with E-state index in [0.717, 1.165) is 6.07 Å². The van der Waals surface area contributed by atoms with Gasteiger partial charge in [0, 0.05) is 17.6 Å². The summed E-state index contributed by atoms with van der Waals surface area (Å²) in [4.78, 5) is 35.5. The van der Waals surface area contributed by atoms with E-state index >= 15 is 0 Å². The first-order valence-electron chi connectivity index (χ1n) is 6.57. The molecule has 0 saturated heterocycles. The zero-order valence-electron chi connectivity index (χ0n) is 11.5. The Morgan fingerprint density at radius 2 is 1.86 bits per heavy atom. The number of aliphatic hydroxyl groups is 1. The summed E-state index contributed by atoms with van der Waals surface area (Å²) in [5.41, 5.74) is -1.18. The van der Waals surface area contributed by atoms with Crippen LogP contribution < -0.4 is 0 Å². The molecule has 2 N–H and O–H groups in total. The summed E-state index contributed by atoms with van der Waals surface area (Å²) < 4.78 is 0. The summed E-state index contributed by atoms with van der Waals surface area (Å²) in [5.74, 6) is -2.19. The molecule has 0 saturated carbocycles. The highest BCUT2D eigenvalue weighted by Gasteiger charge is 2.42. The lowest BCUT2D eigenvalue weighted by Gasteiger charge is -2.24. The van der Waals surface area contributed by atoms with E-state index in [1.807, 2.05) is 0 Å². The molecule has 2 aliphatic carbocycles. The van der Waals surface area contributed by atoms with Crippen LogP contribution in [0.2, 0.25) is 0 Å². The number of allylic oxidation sites excluding steroid dienone is 4. The van der Waals surface area contributed by atoms with Gasteiger partial charge in [-0.1, -0.05) is 6.08 Å². The van der Waals surface area contributed by atoms with Crippen LogP contribution in [-0.4, -0.2) is 26.7 Å². The summed E-state index contributed by atoms with van der Waals surface area (Å²) in [6, 6.07) is 1.08. The van der Waals surface area contributed by atoms with E-state index in [-0.39, 0.29) is 34.5 Å². The van der Waals surface area contributed by atoms with Gasteiger partial charge in [0.1, 0.15) is 11.3 Å². The van der Waals surface area contributed by atoms with Crippen LogP contribution >= 0.6 is 0 Å². The molecule has 0 radical (unpaired) electrons. The van der Waals surface area contributed by atoms with Crippen LogP contribution in [0.3, 0.4) is 0 Å². The standard InChI is InChI=1S/C15H11NO6/c1-6-5-9(18)13(16(21)22)12-10(6)15(20)11-7(14(12)19)3-2-4-8(11)17/h3,5,17-18H,2,4H2,1H3. The van der Waals surface area contributed by atoms with Gasteiger partial charge in [-0.05, 0) is 25.0 Å². The average molecular weight is 301 g/mol. The van der Waals surface area contributed by atoms with Gasteiger partial charge in [0.05, 0.1) is 10.5 Å². The Balaban J connectivity index is 2.45. The molecule has 0 aromatic heterocycles. The van der Waals surface area contributed by atoms with Gasteiger partial charge in [0.2, 0.25) is 5.78 Å². The monoisotopic (exact) mass is 301 g/mol. The minimum absolute atomic E-state index is 0.0330. The Labute approximate surface area is 124 Å². The maximum atomic E-state index is 12.6. The fraction of sp³-hybridized carbons (Fsp3) is 0.200. The Kier molecular flexibility index (Phi) is 2.88. The van der Waals surface area contributed by atoms with Gasteiger partial charge in [0.25, 0.3) is 0 Å². The van der Waals surface area contributed by atoms with Crippen LogP contribution in [-0.2, 0) is 0 Å². The van der Waals surface area contributed by atoms with Crippen molar-refractivity contribution in [2.45, 2.75) is 19.8 Å². The molecule has 1 aromatic carbocycles. The number of rotatable bonds is 1. The molecular formula is C15H11NO6. The number of phenolic OH excluding ortho intramolecular Hbond substituents is 1. The van der Waals surface area contributed by atoms with Gasteiger partial charge in [-0.15, -0.1) is 0 Å². The number of nitrogens with zero attached hydrogens (tertiary/aromatic N) is 1. The number of phenols is 1. The van der Waals surface area contributed by atoms with Crippen LogP contribution in [0.4, 0.5) is 5.69 Å². The minimum Gasteiger partial charge on any atom is -0.512 e. The van der Waals surface area contributed by atoms with E-state index in [1.165, 1.54) is 13.0 Å². The number of Topliss-reactive ketones (excluding diaryl/α,β-unsaturated/α-hetero) is 2. The van der Waals surface area contributed by atoms with E-state index in [9.17, 15) is 29.9 Å². The van der Waals surface area contributed by atoms with Crippen LogP contribution in [0.1, 0.15) is 39.1 Å². The van der Waals surface area contributed by atoms with E-state index in [1.54, 1.807) is 0 Å². The van der Waals surface area contributed by atoms with Crippen molar-refractivity contribution in [1.82, 2.24) is 0 Å². The molecule has 7 heteroatoms. The van der Waals surface area contributed by atoms with Gasteiger partial charge >= 0.3 is 5.69 Å². The molecule has 0 heterocycles. The van der Waals surface area contributed by atoms with E-state index in [4.69, 9.17) is 0 Å². The molecule has 22 heavy (non-hydrogen) atoms. The van der Waals surface area contributed by atoms with Gasteiger partial charge in [-0.3, -0.25) is 19.7 Å². The molecule has 0 bridgehead atoms. The van der Waals surface area contributed by atoms with Gasteiger partial charge in [-0.2, -0.15) is 0 Å². The number of aryl methyl sites for hydroxylation is 1. The van der Waals surface area contributed by atoms with Crippen molar-refractivity contribution in [2.24, 2.45) is 0 Å². The predicted molar refractivity (Wildman–Crippen MR) is 75.1 cm³/mol. The third-order valence-electron chi connectivity index (χ3n) is 3.87. The lowest BCUT2D eigenvalue weighted by molar-refractivity contribution is -0.386. The van der Waals surface area contributed by atoms with Crippen molar-refractivity contribution in [3.05, 3.63) is 55.9 Å². The molecule has 0 unspecified atom stereocenters. The highest BCUT2D eigenvalue weighted by Crippen LogP contribution is 2.43. The summed E-state index contributed by atoms with van der Waals surface area (Å²) in [7, 11) is 0. The first kappa shape index (κ1) is 14.0. The number of aliphatic hydroxyl groups excluding tert-OH is 1. The summed E-state index contributed by atoms with van der Waals surface area (Å²) in [6.07, 6.45) is 2.10. The van der Waals surface area contributed by atoms with Gasteiger partial charge in [0.15, 0.2) is 11.5 Å². The van der Waals surface area contributed by atoms with Crippen molar-refractivity contribution < 1.29 is 24.7 Å². The van der Waals surface area contributed by atoms with Crippen molar-refractivity contribution in [3.63, 3.8) is 0 Å². The largest absolute Gasteiger partial charge is 0.512 e. The summed E-state index contributed by atoms with van der Waals surface area (Å²) in [5, 5.41) is 30.9. The zero-order valence-corrected chi connectivity index (χ0v) is 11.5. The smallest absolute Gasteiger partial charge is 0.322 e. The fourth-order valence-corrected chi connectivity index (χ4v) is 2.94. The molecule has 1 aromatic rings. The second-order valence-corrected chi connectivity index (χ2v) is 5.20. The molecule has 0 amide bonds. The first-order valence-corrected chi connectivity index (χ1v) is 6.57. The number of carbonyl (C=O) groups excluding carboxylic acids is 2. The van der Waals surface area contributed by atoms with E-state index < -0.39 is 33.5 Å². The average Bonchev–Trinajstić information content (AvgIpc) is 2.43. The topological polar surface area (TPSA) is 118 Å². The molecule has 0 fully saturated rings. The second kappa shape index (κ2) is 4.52. The van der Waals surface area contributed by atoms with Crippen molar-refractivity contribution >= 4 is 17.3 Å². The number of benzene rings is 1. The molecule has 112 valence electrons. The van der Waals surface area contributed by atoms with Crippen LogP contribution in [0, 0.1) is 17.0 Å². The number of nitro groups is 1. The Hall–Kier alpha value is -2.96. The maximum Gasteiger partial charge on any atom is 0.322 e. The predicted octanol–water partition coefficient (Wildman–Crippen LogP) is 2.52. The van der Waals surface area contributed by atoms with E-state index in [2.05, 4.69) is 0 Å². The van der Waals surface area contributed by atoms with Crippen LogP contribution in [0.5, 0.6) is 5.75 Å². The summed E-state index contributed by atoms with van der Waals surface area (Å²) >= 11 is 0. The molecule has 7 nitrogen and oxygen atoms in total. The fourth-order valence-electron chi connectivity index (χ4n) is 2.94. The summed E-state index contributed by atoms with van der Waals surface area (Å²) in [6.45, 7) is 1.47. The Bertz CT molecular complexity index is 831. The zero-order chi connectivity index (χ0) is 16.2. The number of hydrogen-bond donors (Lipinski definition) is 2. The number of ketones is 2. The lowest BCUT2D eigenvalue weighted by Crippen LogP contribution is -2.27. The van der Waals surface area contributed by atoms with Gasteiger partial charge < -0.3 is 10.2 Å². The lowest BCUT2D eigenvalue weighted by atomic mass is 9.76. The second-order valence-electron chi connectivity index (χ2n) is 5.20. The van der Waals surface area contributed by atoms with Crippen LogP contribution in [0.25, 0.3) is 0 Å². The van der Waals surface area contributed by atoms with Crippen molar-refractivity contribution in [1.29, 1.82) is 0 Å². The number of carbonyl (C=O) groups is 2. The molecule has 0 aliphatic heterocycles. The molecule has 0 atom stereocenters. The quantitative estimate of drug-likeness (QED) is 0.608. The molecular weight excluding hydrogens is 290 g/mol. The third-order valence-corrected chi connectivity index (χ3v) is 3.87. The van der Waals surface area contributed by atoms with Gasteiger partial charge in [-0.25, -0.2) is 0 Å². The number of nitro benzene ring substituents is 1. The third kappa shape index (κ3) is 1.68. The Morgan fingerprint density at radius 1 is 1.18 bits per heavy atom. The van der Waals surface area contributed by atoms with Crippen LogP contribution in [0.15, 0.2) is 29.0 Å². The van der Waals surface area contributed by atoms with Crippen molar-refractivity contribution in [3.8, 4) is 5.75 Å². The van der Waals surface area contributed by atoms with E-state index in [0.29, 0.717) is 6.42 Å². The highest BCUT2D eigenvalue weighted by molar-refractivity contribution is 6.33. The highest BCUT2D eigenvalue weighted by atomic mass is 16.6. The molecule has 3 rings (SSSR count). The minimum atomic E-state index is -0.878. The van der Waals surface area contributed by atoms with Crippen molar-refractivity contribution in [2.75, 3.05) is 0 Å². The molecule has 2 aliphatic rings. The molecule has 0 spiro atoms. The Morgan fingerprint density at radius 3 is 2.50 bits per heavy atom. The number of fused-ring (bicyclic) bond motifs is 2. The number of aromatic hydroxyl groups is 1. The first-order chi connectivity index (χ1) is 10.3.